The largest absolute Gasteiger partial charge is 0.300 e. The Hall–Kier alpha value is -0.630. The molecule has 0 aromatic carbocycles. The third-order valence-electron chi connectivity index (χ3n) is 4.81. The van der Waals surface area contributed by atoms with Gasteiger partial charge in [-0.15, -0.1) is 0 Å². The second-order valence-corrected chi connectivity index (χ2v) is 6.69. The number of nitrogens with one attached hydrogen (secondary N) is 1. The first-order chi connectivity index (χ1) is 9.39. The molecule has 4 nitrogen and oxygen atoms in total. The number of likely N-dealkylation sites (N-methyl/N-ethyl adjacent to an activating group) is 1. The van der Waals surface area contributed by atoms with Crippen molar-refractivity contribution < 1.29 is 0 Å². The summed E-state index contributed by atoms with van der Waals surface area (Å²) < 4.78 is 0. The summed E-state index contributed by atoms with van der Waals surface area (Å²) in [5, 5.41) is 12.8. The summed E-state index contributed by atoms with van der Waals surface area (Å²) in [5.74, 6) is 0. The number of hydrogen-bond acceptors (Lipinski definition) is 4. The molecule has 0 spiro atoms. The fourth-order valence-corrected chi connectivity index (χ4v) is 3.04. The summed E-state index contributed by atoms with van der Waals surface area (Å²) in [6.07, 6.45) is 2.92. The molecule has 1 N–H and O–H groups in total. The summed E-state index contributed by atoms with van der Waals surface area (Å²) in [5.41, 5.74) is -0.0617. The maximum absolute atomic E-state index is 9.43. The van der Waals surface area contributed by atoms with E-state index >= 15 is 0 Å². The quantitative estimate of drug-likeness (QED) is 0.775. The molecule has 1 fully saturated rings. The minimum atomic E-state index is -0.323. The average molecular weight is 280 g/mol. The molecule has 0 aliphatic carbocycles. The van der Waals surface area contributed by atoms with E-state index in [1.165, 1.54) is 0 Å². The standard InChI is InChI=1S/C16H32N4/c1-6-16(13-17,18-7-2)9-8-10-20-12-11-19(5)15(3,4)14-20/h18H,6-12,14H2,1-5H3. The van der Waals surface area contributed by atoms with Crippen LogP contribution in [0, 0.1) is 11.3 Å². The normalized spacial score (nSPS) is 23.2. The molecule has 1 aliphatic heterocycles. The molecule has 0 saturated carbocycles. The lowest BCUT2D eigenvalue weighted by molar-refractivity contribution is 0.0386. The van der Waals surface area contributed by atoms with Crippen LogP contribution < -0.4 is 5.32 Å². The molecule has 20 heavy (non-hydrogen) atoms. The highest BCUT2D eigenvalue weighted by Gasteiger charge is 2.31. The molecule has 1 heterocycles. The molecule has 0 bridgehead atoms. The predicted molar refractivity (Wildman–Crippen MR) is 84.7 cm³/mol. The van der Waals surface area contributed by atoms with Crippen LogP contribution >= 0.6 is 0 Å². The predicted octanol–water partition coefficient (Wildman–Crippen LogP) is 2.07. The van der Waals surface area contributed by atoms with Gasteiger partial charge >= 0.3 is 0 Å². The van der Waals surface area contributed by atoms with E-state index in [9.17, 15) is 5.26 Å². The zero-order valence-electron chi connectivity index (χ0n) is 14.0. The average Bonchev–Trinajstić information content (AvgIpc) is 2.41. The first-order valence-electron chi connectivity index (χ1n) is 7.99. The third kappa shape index (κ3) is 4.44. The molecule has 1 rings (SSSR count). The second-order valence-electron chi connectivity index (χ2n) is 6.69. The molecule has 1 atom stereocenters. The van der Waals surface area contributed by atoms with Crippen LogP contribution in [0.2, 0.25) is 0 Å². The summed E-state index contributed by atoms with van der Waals surface area (Å²) in [6.45, 7) is 14.2. The summed E-state index contributed by atoms with van der Waals surface area (Å²) in [4.78, 5) is 4.98. The van der Waals surface area contributed by atoms with E-state index in [1.807, 2.05) is 0 Å². The van der Waals surface area contributed by atoms with E-state index in [4.69, 9.17) is 0 Å². The van der Waals surface area contributed by atoms with Gasteiger partial charge in [0.25, 0.3) is 0 Å². The van der Waals surface area contributed by atoms with Crippen LogP contribution in [-0.2, 0) is 0 Å². The van der Waals surface area contributed by atoms with E-state index in [2.05, 4.69) is 55.9 Å². The van der Waals surface area contributed by atoms with Gasteiger partial charge in [-0.2, -0.15) is 5.26 Å². The van der Waals surface area contributed by atoms with Crippen LogP contribution in [0.1, 0.15) is 47.0 Å². The Morgan fingerprint density at radius 2 is 2.00 bits per heavy atom. The smallest absolute Gasteiger partial charge is 0.106 e. The third-order valence-corrected chi connectivity index (χ3v) is 4.81. The van der Waals surface area contributed by atoms with Crippen molar-refractivity contribution in [3.8, 4) is 6.07 Å². The Bertz CT molecular complexity index is 334. The number of rotatable bonds is 7. The SMILES string of the molecule is CCNC(C#N)(CC)CCCN1CCN(C)C(C)(C)C1. The zero-order valence-corrected chi connectivity index (χ0v) is 14.0. The minimum absolute atomic E-state index is 0.261. The first-order valence-corrected chi connectivity index (χ1v) is 7.99. The molecule has 4 heteroatoms. The lowest BCUT2D eigenvalue weighted by atomic mass is 9.91. The number of piperazine rings is 1. The molecular weight excluding hydrogens is 248 g/mol. The van der Waals surface area contributed by atoms with Crippen molar-refractivity contribution in [1.82, 2.24) is 15.1 Å². The van der Waals surface area contributed by atoms with Crippen LogP contribution in [0.5, 0.6) is 0 Å². The van der Waals surface area contributed by atoms with Gasteiger partial charge in [0.15, 0.2) is 0 Å². The van der Waals surface area contributed by atoms with Crippen molar-refractivity contribution in [3.05, 3.63) is 0 Å². The van der Waals surface area contributed by atoms with Gasteiger partial charge < -0.3 is 4.90 Å². The molecule has 1 unspecified atom stereocenters. The van der Waals surface area contributed by atoms with Crippen LogP contribution in [0.4, 0.5) is 0 Å². The summed E-state index contributed by atoms with van der Waals surface area (Å²) >= 11 is 0. The van der Waals surface area contributed by atoms with Crippen LogP contribution in [0.3, 0.4) is 0 Å². The Balaban J connectivity index is 2.42. The van der Waals surface area contributed by atoms with Crippen molar-refractivity contribution in [2.75, 3.05) is 39.8 Å². The number of nitrogens with zero attached hydrogens (tertiary/aromatic N) is 3. The van der Waals surface area contributed by atoms with E-state index in [0.717, 1.165) is 52.0 Å². The summed E-state index contributed by atoms with van der Waals surface area (Å²) in [6, 6.07) is 2.49. The Morgan fingerprint density at radius 3 is 2.50 bits per heavy atom. The molecule has 0 radical (unpaired) electrons. The summed E-state index contributed by atoms with van der Waals surface area (Å²) in [7, 11) is 2.21. The lowest BCUT2D eigenvalue weighted by Crippen LogP contribution is -2.57. The van der Waals surface area contributed by atoms with Gasteiger partial charge in [-0.05, 0) is 53.2 Å². The van der Waals surface area contributed by atoms with Crippen LogP contribution in [0.25, 0.3) is 0 Å². The van der Waals surface area contributed by atoms with Crippen molar-refractivity contribution in [3.63, 3.8) is 0 Å². The van der Waals surface area contributed by atoms with Gasteiger partial charge in [0.05, 0.1) is 6.07 Å². The highest BCUT2D eigenvalue weighted by Crippen LogP contribution is 2.21. The van der Waals surface area contributed by atoms with E-state index in [1.54, 1.807) is 0 Å². The second kappa shape index (κ2) is 7.40. The van der Waals surface area contributed by atoms with Gasteiger partial charge in [0, 0.05) is 25.2 Å². The van der Waals surface area contributed by atoms with Crippen LogP contribution in [0.15, 0.2) is 0 Å². The van der Waals surface area contributed by atoms with Gasteiger partial charge in [-0.1, -0.05) is 13.8 Å². The van der Waals surface area contributed by atoms with Gasteiger partial charge in [-0.3, -0.25) is 10.2 Å². The van der Waals surface area contributed by atoms with Crippen molar-refractivity contribution in [1.29, 1.82) is 5.26 Å². The highest BCUT2D eigenvalue weighted by atomic mass is 15.3. The number of nitriles is 1. The van der Waals surface area contributed by atoms with E-state index in [0.29, 0.717) is 0 Å². The van der Waals surface area contributed by atoms with Gasteiger partial charge in [0.2, 0.25) is 0 Å². The fourth-order valence-electron chi connectivity index (χ4n) is 3.04. The van der Waals surface area contributed by atoms with E-state index in [-0.39, 0.29) is 11.1 Å². The maximum Gasteiger partial charge on any atom is 0.106 e. The number of hydrogen-bond donors (Lipinski definition) is 1. The van der Waals surface area contributed by atoms with Crippen molar-refractivity contribution in [2.24, 2.45) is 0 Å². The van der Waals surface area contributed by atoms with E-state index < -0.39 is 0 Å². The molecule has 0 aromatic rings. The molecular formula is C16H32N4. The molecule has 0 aromatic heterocycles. The molecule has 1 aliphatic rings. The molecule has 1 saturated heterocycles. The Kier molecular flexibility index (Phi) is 6.44. The highest BCUT2D eigenvalue weighted by molar-refractivity contribution is 5.06. The molecule has 116 valence electrons. The van der Waals surface area contributed by atoms with Gasteiger partial charge in [0.1, 0.15) is 5.54 Å². The van der Waals surface area contributed by atoms with Crippen molar-refractivity contribution in [2.45, 2.75) is 58.0 Å². The Labute approximate surface area is 125 Å². The van der Waals surface area contributed by atoms with Crippen molar-refractivity contribution >= 4 is 0 Å². The lowest BCUT2D eigenvalue weighted by Gasteiger charge is -2.45. The zero-order chi connectivity index (χ0) is 15.2. The van der Waals surface area contributed by atoms with Crippen LogP contribution in [-0.4, -0.2) is 60.6 Å². The molecule has 0 amide bonds. The maximum atomic E-state index is 9.43. The topological polar surface area (TPSA) is 42.3 Å². The fraction of sp³-hybridized carbons (Fsp3) is 0.938. The first kappa shape index (κ1) is 17.4. The Morgan fingerprint density at radius 1 is 1.30 bits per heavy atom. The minimum Gasteiger partial charge on any atom is -0.300 e. The van der Waals surface area contributed by atoms with Gasteiger partial charge in [-0.25, -0.2) is 0 Å². The monoisotopic (exact) mass is 280 g/mol.